The lowest BCUT2D eigenvalue weighted by Crippen LogP contribution is -2.52. The van der Waals surface area contributed by atoms with Gasteiger partial charge in [-0.05, 0) is 26.3 Å². The Kier molecular flexibility index (Phi) is 9.02. The quantitative estimate of drug-likeness (QED) is 0.121. The second-order valence-corrected chi connectivity index (χ2v) is 11.9. The van der Waals surface area contributed by atoms with Gasteiger partial charge in [-0.15, -0.1) is 0 Å². The monoisotopic (exact) mass is 625 g/mol. The molecule has 1 aliphatic heterocycles. The van der Waals surface area contributed by atoms with Crippen molar-refractivity contribution in [2.45, 2.75) is 95.5 Å². The number of aliphatic hydroxyl groups is 2. The first kappa shape index (κ1) is 32.5. The van der Waals surface area contributed by atoms with E-state index in [0.717, 1.165) is 6.42 Å². The fraction of sp³-hybridized carbons (Fsp3) is 0.500. The number of aliphatic hydroxyl groups excluding tert-OH is 1. The number of methoxy groups -OCH3 is 1. The number of carbonyl (C=O) groups excluding carboxylic acids is 3. The smallest absolute Gasteiger partial charge is 0.240 e. The van der Waals surface area contributed by atoms with Crippen LogP contribution in [-0.4, -0.2) is 80.9 Å². The Balaban J connectivity index is 1.63. The summed E-state index contributed by atoms with van der Waals surface area (Å²) in [6.45, 7) is 5.07. The van der Waals surface area contributed by atoms with Crippen LogP contribution in [0, 0.1) is 0 Å². The van der Waals surface area contributed by atoms with Gasteiger partial charge in [0.2, 0.25) is 11.7 Å². The van der Waals surface area contributed by atoms with Crippen LogP contribution in [0.1, 0.15) is 102 Å². The molecule has 6 atom stereocenters. The number of ketones is 2. The number of amides is 1. The summed E-state index contributed by atoms with van der Waals surface area (Å²) in [6, 6.07) is 3.78. The minimum Gasteiger partial charge on any atom is -0.507 e. The third-order valence-electron chi connectivity index (χ3n) is 8.92. The number of aromatic hydroxyl groups is 2. The van der Waals surface area contributed by atoms with Crippen LogP contribution in [0.3, 0.4) is 0 Å². The summed E-state index contributed by atoms with van der Waals surface area (Å²) in [7, 11) is 1.35. The molecule has 13 heteroatoms. The Labute approximate surface area is 260 Å². The maximum Gasteiger partial charge on any atom is 0.240 e. The van der Waals surface area contributed by atoms with E-state index >= 15 is 0 Å². The number of phenols is 2. The maximum absolute atomic E-state index is 13.8. The molecule has 1 amide bonds. The van der Waals surface area contributed by atoms with E-state index in [-0.39, 0.29) is 65.3 Å². The summed E-state index contributed by atoms with van der Waals surface area (Å²) in [5.74, 6) is -2.84. The van der Waals surface area contributed by atoms with Crippen molar-refractivity contribution in [1.82, 2.24) is 5.43 Å². The van der Waals surface area contributed by atoms with E-state index in [1.165, 1.54) is 32.2 Å². The summed E-state index contributed by atoms with van der Waals surface area (Å²) < 4.78 is 17.4. The summed E-state index contributed by atoms with van der Waals surface area (Å²) >= 11 is 0. The van der Waals surface area contributed by atoms with E-state index < -0.39 is 70.4 Å². The maximum atomic E-state index is 13.8. The van der Waals surface area contributed by atoms with Gasteiger partial charge in [0.15, 0.2) is 12.1 Å². The molecule has 242 valence electrons. The molecule has 1 heterocycles. The van der Waals surface area contributed by atoms with Crippen LogP contribution < -0.4 is 15.9 Å². The normalized spacial score (nSPS) is 27.8. The van der Waals surface area contributed by atoms with Crippen molar-refractivity contribution in [3.05, 3.63) is 51.6 Å². The summed E-state index contributed by atoms with van der Waals surface area (Å²) in [5, 5.41) is 49.7. The van der Waals surface area contributed by atoms with Crippen molar-refractivity contribution in [3.63, 3.8) is 0 Å². The highest BCUT2D eigenvalue weighted by atomic mass is 16.7. The SMILES string of the molecule is CCCCC(=O)NN=C(C)C1(O)Cc2c(O)c3c(c(O)c2C(OC2CC(N)C(O)C(C)O2)C1)C(=O)c1c(OC)cccc1C3=O. The molecule has 6 unspecified atom stereocenters. The lowest BCUT2D eigenvalue weighted by atomic mass is 9.72. The van der Waals surface area contributed by atoms with Crippen molar-refractivity contribution >= 4 is 23.2 Å². The topological polar surface area (TPSA) is 210 Å². The second kappa shape index (κ2) is 12.5. The predicted octanol–water partition coefficient (Wildman–Crippen LogP) is 2.12. The number of phenolic OH excluding ortho intramolecular Hbond substituents is 2. The van der Waals surface area contributed by atoms with E-state index in [2.05, 4.69) is 10.5 Å². The number of rotatable bonds is 8. The van der Waals surface area contributed by atoms with Crippen LogP contribution in [0.25, 0.3) is 0 Å². The van der Waals surface area contributed by atoms with Crippen LogP contribution in [-0.2, 0) is 20.7 Å². The third-order valence-corrected chi connectivity index (χ3v) is 8.92. The minimum absolute atomic E-state index is 0.00819. The second-order valence-electron chi connectivity index (χ2n) is 11.9. The van der Waals surface area contributed by atoms with Crippen LogP contribution in [0.2, 0.25) is 0 Å². The van der Waals surface area contributed by atoms with Crippen LogP contribution >= 0.6 is 0 Å². The highest BCUT2D eigenvalue weighted by molar-refractivity contribution is 6.31. The zero-order valence-electron chi connectivity index (χ0n) is 25.6. The molecule has 0 aromatic heterocycles. The summed E-state index contributed by atoms with van der Waals surface area (Å²) in [4.78, 5) is 39.8. The van der Waals surface area contributed by atoms with Gasteiger partial charge in [-0.1, -0.05) is 25.5 Å². The van der Waals surface area contributed by atoms with E-state index in [1.54, 1.807) is 6.92 Å². The Morgan fingerprint density at radius 2 is 1.89 bits per heavy atom. The van der Waals surface area contributed by atoms with Gasteiger partial charge in [0.05, 0.1) is 47.8 Å². The van der Waals surface area contributed by atoms with Crippen molar-refractivity contribution in [2.24, 2.45) is 10.8 Å². The van der Waals surface area contributed by atoms with Crippen LogP contribution in [0.5, 0.6) is 17.2 Å². The Morgan fingerprint density at radius 1 is 1.18 bits per heavy atom. The molecule has 13 nitrogen and oxygen atoms in total. The van der Waals surface area contributed by atoms with Crippen molar-refractivity contribution in [3.8, 4) is 17.2 Å². The fourth-order valence-corrected chi connectivity index (χ4v) is 6.31. The Morgan fingerprint density at radius 3 is 2.56 bits per heavy atom. The molecule has 1 fully saturated rings. The van der Waals surface area contributed by atoms with Gasteiger partial charge in [0.25, 0.3) is 0 Å². The molecule has 5 rings (SSSR count). The van der Waals surface area contributed by atoms with Crippen molar-refractivity contribution < 1.29 is 49.0 Å². The molecule has 1 saturated heterocycles. The molecule has 0 radical (unpaired) electrons. The summed E-state index contributed by atoms with van der Waals surface area (Å²) in [5.41, 5.74) is 5.89. The summed E-state index contributed by atoms with van der Waals surface area (Å²) in [6.07, 6.45) is -2.65. The molecule has 45 heavy (non-hydrogen) atoms. The first-order valence-corrected chi connectivity index (χ1v) is 15.0. The molecule has 2 aliphatic carbocycles. The number of carbonyl (C=O) groups is 3. The van der Waals surface area contributed by atoms with Crippen molar-refractivity contribution in [1.29, 1.82) is 0 Å². The number of ether oxygens (including phenoxy) is 3. The zero-order chi connectivity index (χ0) is 32.8. The molecule has 2 aromatic carbocycles. The number of hydrogen-bond donors (Lipinski definition) is 6. The number of benzene rings is 2. The molecule has 0 spiro atoms. The molecule has 3 aliphatic rings. The third kappa shape index (κ3) is 5.70. The van der Waals surface area contributed by atoms with Crippen molar-refractivity contribution in [2.75, 3.05) is 7.11 Å². The van der Waals surface area contributed by atoms with Gasteiger partial charge in [0, 0.05) is 48.4 Å². The zero-order valence-corrected chi connectivity index (χ0v) is 25.6. The molecule has 0 bridgehead atoms. The number of nitrogens with two attached hydrogens (primary N) is 1. The van der Waals surface area contributed by atoms with E-state index in [1.807, 2.05) is 6.92 Å². The standard InChI is InChI=1S/C32H39N3O10/c1-5-6-10-21(36)35-34-15(3)32(42)12-17-24(20(13-32)45-22-11-18(33)27(37)14(2)44-22)31(41)26-25(29(17)39)28(38)16-8-7-9-19(43-4)23(16)30(26)40/h7-9,14,18,20,22,27,37,39,41-42H,5-6,10-13,33H2,1-4H3,(H,35,36). The van der Waals surface area contributed by atoms with Gasteiger partial charge in [-0.3, -0.25) is 14.4 Å². The number of fused-ring (bicyclic) bond motifs is 3. The lowest BCUT2D eigenvalue weighted by Gasteiger charge is -2.42. The molecule has 0 saturated carbocycles. The number of nitrogens with one attached hydrogen (secondary N) is 1. The first-order valence-electron chi connectivity index (χ1n) is 15.0. The Bertz CT molecular complexity index is 1560. The van der Waals surface area contributed by atoms with Crippen LogP contribution in [0.15, 0.2) is 23.3 Å². The Hall–Kier alpha value is -3.88. The minimum atomic E-state index is -1.83. The van der Waals surface area contributed by atoms with E-state index in [4.69, 9.17) is 19.9 Å². The highest BCUT2D eigenvalue weighted by Gasteiger charge is 2.49. The van der Waals surface area contributed by atoms with Crippen LogP contribution in [0.4, 0.5) is 0 Å². The van der Waals surface area contributed by atoms with Gasteiger partial charge in [-0.2, -0.15) is 5.10 Å². The average molecular weight is 626 g/mol. The van der Waals surface area contributed by atoms with E-state index in [0.29, 0.717) is 6.42 Å². The molecular formula is C32H39N3O10. The first-order chi connectivity index (χ1) is 21.3. The fourth-order valence-electron chi connectivity index (χ4n) is 6.31. The number of nitrogens with zero attached hydrogens (tertiary/aromatic N) is 1. The number of hydrogen-bond acceptors (Lipinski definition) is 12. The number of hydrazone groups is 1. The average Bonchev–Trinajstić information content (AvgIpc) is 3.01. The molecule has 7 N–H and O–H groups in total. The van der Waals surface area contributed by atoms with Gasteiger partial charge in [-0.25, -0.2) is 5.43 Å². The number of unbranched alkanes of at least 4 members (excludes halogenated alkanes) is 1. The largest absolute Gasteiger partial charge is 0.507 e. The lowest BCUT2D eigenvalue weighted by molar-refractivity contribution is -0.245. The van der Waals surface area contributed by atoms with Gasteiger partial charge in [0.1, 0.15) is 22.8 Å². The van der Waals surface area contributed by atoms with Gasteiger partial charge < -0.3 is 40.4 Å². The highest BCUT2D eigenvalue weighted by Crippen LogP contribution is 2.52. The predicted molar refractivity (Wildman–Crippen MR) is 160 cm³/mol. The van der Waals surface area contributed by atoms with E-state index in [9.17, 15) is 34.8 Å². The van der Waals surface area contributed by atoms with Gasteiger partial charge >= 0.3 is 0 Å². The molecular weight excluding hydrogens is 586 g/mol. The molecule has 2 aromatic rings.